The van der Waals surface area contributed by atoms with E-state index in [-0.39, 0.29) is 18.9 Å². The predicted octanol–water partition coefficient (Wildman–Crippen LogP) is 2.54. The van der Waals surface area contributed by atoms with Crippen molar-refractivity contribution in [1.29, 1.82) is 0 Å². The van der Waals surface area contributed by atoms with Crippen molar-refractivity contribution in [2.75, 3.05) is 30.5 Å². The summed E-state index contributed by atoms with van der Waals surface area (Å²) in [5.41, 5.74) is 2.33. The highest BCUT2D eigenvalue weighted by Crippen LogP contribution is 2.28. The normalized spacial score (nSPS) is 16.0. The number of nitrogens with zero attached hydrogens (tertiary/aromatic N) is 1. The number of hydrogen-bond donors (Lipinski definition) is 1. The topological polar surface area (TPSA) is 84.9 Å². The molecule has 7 nitrogen and oxygen atoms in total. The van der Waals surface area contributed by atoms with Crippen LogP contribution < -0.4 is 15.0 Å². The van der Waals surface area contributed by atoms with Crippen LogP contribution >= 0.6 is 0 Å². The van der Waals surface area contributed by atoms with E-state index in [2.05, 4.69) is 5.32 Å². The Morgan fingerprint density at radius 1 is 1.14 bits per heavy atom. The van der Waals surface area contributed by atoms with Gasteiger partial charge in [0.2, 0.25) is 5.91 Å². The fraction of sp³-hybridized carbons (Fsp3) is 0.286. The summed E-state index contributed by atoms with van der Waals surface area (Å²) in [5.74, 6) is -1.03. The highest BCUT2D eigenvalue weighted by atomic mass is 16.5. The van der Waals surface area contributed by atoms with Gasteiger partial charge in [0.05, 0.1) is 13.0 Å². The molecule has 0 bridgehead atoms. The number of rotatable bonds is 6. The smallest absolute Gasteiger partial charge is 0.311 e. The Labute approximate surface area is 163 Å². The molecule has 0 aromatic heterocycles. The monoisotopic (exact) mass is 382 g/mol. The van der Waals surface area contributed by atoms with E-state index in [1.807, 2.05) is 31.2 Å². The molecule has 7 heteroatoms. The van der Waals surface area contributed by atoms with Crippen molar-refractivity contribution < 1.29 is 23.9 Å². The average Bonchev–Trinajstić information content (AvgIpc) is 3.08. The van der Waals surface area contributed by atoms with Crippen molar-refractivity contribution in [1.82, 2.24) is 0 Å². The Balaban J connectivity index is 1.51. The van der Waals surface area contributed by atoms with Crippen molar-refractivity contribution in [3.05, 3.63) is 54.1 Å². The van der Waals surface area contributed by atoms with Crippen LogP contribution in [0.15, 0.2) is 48.5 Å². The van der Waals surface area contributed by atoms with Gasteiger partial charge in [0.1, 0.15) is 5.75 Å². The number of esters is 1. The number of amides is 2. The summed E-state index contributed by atoms with van der Waals surface area (Å²) in [6, 6.07) is 14.3. The first-order valence-corrected chi connectivity index (χ1v) is 8.94. The number of aryl methyl sites for hydroxylation is 1. The number of carbonyl (C=O) groups is 3. The molecule has 0 unspecified atom stereocenters. The molecule has 0 saturated carbocycles. The van der Waals surface area contributed by atoms with Crippen LogP contribution in [0.2, 0.25) is 0 Å². The summed E-state index contributed by atoms with van der Waals surface area (Å²) >= 11 is 0. The maximum Gasteiger partial charge on any atom is 0.311 e. The van der Waals surface area contributed by atoms with Gasteiger partial charge in [-0.3, -0.25) is 14.4 Å². The molecule has 1 aliphatic rings. The number of anilines is 2. The van der Waals surface area contributed by atoms with Gasteiger partial charge in [-0.25, -0.2) is 0 Å². The molecule has 146 valence electrons. The molecule has 0 aliphatic carbocycles. The molecular formula is C21H22N2O5. The zero-order valence-electron chi connectivity index (χ0n) is 15.8. The fourth-order valence-electron chi connectivity index (χ4n) is 3.09. The maximum absolute atomic E-state index is 12.3. The number of benzene rings is 2. The van der Waals surface area contributed by atoms with Crippen LogP contribution in [0.3, 0.4) is 0 Å². The van der Waals surface area contributed by atoms with Crippen molar-refractivity contribution in [2.45, 2.75) is 13.3 Å². The third-order valence-electron chi connectivity index (χ3n) is 4.58. The van der Waals surface area contributed by atoms with Gasteiger partial charge in [-0.05, 0) is 42.8 Å². The third-order valence-corrected chi connectivity index (χ3v) is 4.58. The Kier molecular flexibility index (Phi) is 5.93. The summed E-state index contributed by atoms with van der Waals surface area (Å²) in [5, 5.41) is 2.64. The Bertz CT molecular complexity index is 879. The lowest BCUT2D eigenvalue weighted by Crippen LogP contribution is -2.28. The largest absolute Gasteiger partial charge is 0.497 e. The molecule has 28 heavy (non-hydrogen) atoms. The molecule has 2 aromatic rings. The van der Waals surface area contributed by atoms with E-state index in [0.29, 0.717) is 11.4 Å². The third kappa shape index (κ3) is 4.49. The first-order chi connectivity index (χ1) is 13.5. The summed E-state index contributed by atoms with van der Waals surface area (Å²) < 4.78 is 10.2. The van der Waals surface area contributed by atoms with Crippen molar-refractivity contribution >= 4 is 29.2 Å². The lowest BCUT2D eigenvalue weighted by atomic mass is 10.1. The number of para-hydroxylation sites is 1. The first kappa shape index (κ1) is 19.4. The molecular weight excluding hydrogens is 360 g/mol. The van der Waals surface area contributed by atoms with Gasteiger partial charge < -0.3 is 19.7 Å². The van der Waals surface area contributed by atoms with Crippen LogP contribution in [-0.2, 0) is 19.1 Å². The quantitative estimate of drug-likeness (QED) is 0.776. The second-order valence-electron chi connectivity index (χ2n) is 6.58. The SMILES string of the molecule is COc1ccc(NC(=O)COC(=O)[C@@H]2CC(=O)N(c3ccccc3C)C2)cc1. The molecule has 1 saturated heterocycles. The molecule has 2 amide bonds. The highest BCUT2D eigenvalue weighted by Gasteiger charge is 2.36. The second kappa shape index (κ2) is 8.56. The standard InChI is InChI=1S/C21H22N2O5/c1-14-5-3-4-6-18(14)23-12-15(11-20(23)25)21(26)28-13-19(24)22-16-7-9-17(27-2)10-8-16/h3-10,15H,11-13H2,1-2H3,(H,22,24)/t15-/m1/s1. The Hall–Kier alpha value is -3.35. The van der Waals surface area contributed by atoms with Crippen LogP contribution in [0.25, 0.3) is 0 Å². The minimum atomic E-state index is -0.583. The number of nitrogens with one attached hydrogen (secondary N) is 1. The zero-order valence-corrected chi connectivity index (χ0v) is 15.8. The average molecular weight is 382 g/mol. The number of hydrogen-bond acceptors (Lipinski definition) is 5. The number of ether oxygens (including phenoxy) is 2. The van der Waals surface area contributed by atoms with Gasteiger partial charge in [0, 0.05) is 24.3 Å². The first-order valence-electron chi connectivity index (χ1n) is 8.94. The van der Waals surface area contributed by atoms with Crippen LogP contribution in [0, 0.1) is 12.8 Å². The lowest BCUT2D eigenvalue weighted by Gasteiger charge is -2.18. The highest BCUT2D eigenvalue weighted by molar-refractivity contribution is 6.00. The van der Waals surface area contributed by atoms with Crippen molar-refractivity contribution in [2.24, 2.45) is 5.92 Å². The van der Waals surface area contributed by atoms with Crippen LogP contribution in [0.5, 0.6) is 5.75 Å². The van der Waals surface area contributed by atoms with E-state index in [1.54, 1.807) is 36.3 Å². The van der Waals surface area contributed by atoms with Crippen LogP contribution in [-0.4, -0.2) is 38.0 Å². The van der Waals surface area contributed by atoms with Gasteiger partial charge in [0.25, 0.3) is 5.91 Å². The summed E-state index contributed by atoms with van der Waals surface area (Å²) in [6.45, 7) is 1.76. The predicted molar refractivity (Wildman–Crippen MR) is 104 cm³/mol. The molecule has 3 rings (SSSR count). The maximum atomic E-state index is 12.3. The molecule has 1 N–H and O–H groups in total. The zero-order chi connectivity index (χ0) is 20.1. The molecule has 1 fully saturated rings. The van der Waals surface area contributed by atoms with Crippen LogP contribution in [0.4, 0.5) is 11.4 Å². The van der Waals surface area contributed by atoms with E-state index >= 15 is 0 Å². The van der Waals surface area contributed by atoms with Gasteiger partial charge in [-0.15, -0.1) is 0 Å². The molecule has 0 spiro atoms. The number of methoxy groups -OCH3 is 1. The van der Waals surface area contributed by atoms with Gasteiger partial charge in [-0.1, -0.05) is 18.2 Å². The number of carbonyl (C=O) groups excluding carboxylic acids is 3. The van der Waals surface area contributed by atoms with E-state index in [9.17, 15) is 14.4 Å². The lowest BCUT2D eigenvalue weighted by molar-refractivity contribution is -0.151. The second-order valence-corrected chi connectivity index (χ2v) is 6.58. The van der Waals surface area contributed by atoms with E-state index in [1.165, 1.54) is 0 Å². The Morgan fingerprint density at radius 2 is 1.86 bits per heavy atom. The fourth-order valence-corrected chi connectivity index (χ4v) is 3.09. The summed E-state index contributed by atoms with van der Waals surface area (Å²) in [6.07, 6.45) is 0.0767. The molecule has 1 aliphatic heterocycles. The Morgan fingerprint density at radius 3 is 2.54 bits per heavy atom. The van der Waals surface area contributed by atoms with E-state index < -0.39 is 24.4 Å². The van der Waals surface area contributed by atoms with Crippen molar-refractivity contribution in [3.63, 3.8) is 0 Å². The van der Waals surface area contributed by atoms with E-state index in [4.69, 9.17) is 9.47 Å². The van der Waals surface area contributed by atoms with Gasteiger partial charge >= 0.3 is 5.97 Å². The van der Waals surface area contributed by atoms with Gasteiger partial charge in [0.15, 0.2) is 6.61 Å². The van der Waals surface area contributed by atoms with Crippen LogP contribution in [0.1, 0.15) is 12.0 Å². The van der Waals surface area contributed by atoms with Crippen molar-refractivity contribution in [3.8, 4) is 5.75 Å². The minimum Gasteiger partial charge on any atom is -0.497 e. The molecule has 1 atom stereocenters. The molecule has 0 radical (unpaired) electrons. The van der Waals surface area contributed by atoms with E-state index in [0.717, 1.165) is 11.3 Å². The molecule has 1 heterocycles. The minimum absolute atomic E-state index is 0.0767. The summed E-state index contributed by atoms with van der Waals surface area (Å²) in [4.78, 5) is 38.2. The van der Waals surface area contributed by atoms with Gasteiger partial charge in [-0.2, -0.15) is 0 Å². The molecule has 2 aromatic carbocycles. The summed E-state index contributed by atoms with van der Waals surface area (Å²) in [7, 11) is 1.56.